The molecule has 0 saturated heterocycles. The lowest BCUT2D eigenvalue weighted by molar-refractivity contribution is 0.462. The first kappa shape index (κ1) is 11.7. The number of nitrogen functional groups attached to an aromatic ring is 1. The van der Waals surface area contributed by atoms with Crippen LogP contribution in [0.5, 0.6) is 11.6 Å². The molecule has 2 aromatic rings. The monoisotopic (exact) mass is 248 g/mol. The first-order chi connectivity index (χ1) is 8.06. The first-order valence-electron chi connectivity index (χ1n) is 5.22. The van der Waals surface area contributed by atoms with Gasteiger partial charge in [0.2, 0.25) is 5.88 Å². The van der Waals surface area contributed by atoms with E-state index in [9.17, 15) is 0 Å². The Morgan fingerprint density at radius 3 is 2.71 bits per heavy atom. The number of aryl methyl sites for hydroxylation is 2. The highest BCUT2D eigenvalue weighted by Gasteiger charge is 2.07. The van der Waals surface area contributed by atoms with Crippen LogP contribution in [-0.2, 0) is 0 Å². The quantitative estimate of drug-likeness (QED) is 0.881. The molecule has 0 aliphatic rings. The van der Waals surface area contributed by atoms with Gasteiger partial charge in [-0.1, -0.05) is 23.7 Å². The Hall–Kier alpha value is -1.74. The van der Waals surface area contributed by atoms with Crippen LogP contribution in [-0.4, -0.2) is 4.98 Å². The molecule has 0 unspecified atom stereocenters. The van der Waals surface area contributed by atoms with Gasteiger partial charge in [-0.3, -0.25) is 0 Å². The molecule has 0 fully saturated rings. The largest absolute Gasteiger partial charge is 0.437 e. The van der Waals surface area contributed by atoms with E-state index in [1.807, 2.05) is 32.0 Å². The van der Waals surface area contributed by atoms with Crippen molar-refractivity contribution in [2.24, 2.45) is 0 Å². The minimum absolute atomic E-state index is 0.378. The molecule has 0 saturated carbocycles. The van der Waals surface area contributed by atoms with E-state index < -0.39 is 0 Å². The molecule has 4 heteroatoms. The number of nitrogens with two attached hydrogens (primary N) is 1. The van der Waals surface area contributed by atoms with Crippen molar-refractivity contribution in [1.29, 1.82) is 0 Å². The summed E-state index contributed by atoms with van der Waals surface area (Å²) in [5.41, 5.74) is 8.37. The molecule has 2 N–H and O–H groups in total. The van der Waals surface area contributed by atoms with Crippen molar-refractivity contribution in [1.82, 2.24) is 4.98 Å². The van der Waals surface area contributed by atoms with Crippen molar-refractivity contribution in [2.45, 2.75) is 13.8 Å². The molecule has 1 aromatic heterocycles. The summed E-state index contributed by atoms with van der Waals surface area (Å²) in [5.74, 6) is 1.13. The van der Waals surface area contributed by atoms with Crippen LogP contribution in [0.2, 0.25) is 5.02 Å². The third-order valence-electron chi connectivity index (χ3n) is 2.40. The van der Waals surface area contributed by atoms with E-state index in [1.54, 1.807) is 6.07 Å². The Morgan fingerprint density at radius 1 is 1.24 bits per heavy atom. The Kier molecular flexibility index (Phi) is 3.20. The zero-order valence-corrected chi connectivity index (χ0v) is 10.5. The molecule has 0 spiro atoms. The average Bonchev–Trinajstić information content (AvgIpc) is 2.27. The van der Waals surface area contributed by atoms with Crippen LogP contribution in [0.1, 0.15) is 11.1 Å². The molecule has 0 aliphatic carbocycles. The van der Waals surface area contributed by atoms with Crippen LogP contribution in [0.4, 0.5) is 5.69 Å². The fraction of sp³-hybridized carbons (Fsp3) is 0.154. The van der Waals surface area contributed by atoms with Crippen molar-refractivity contribution in [3.8, 4) is 11.6 Å². The summed E-state index contributed by atoms with van der Waals surface area (Å²) in [7, 11) is 0. The zero-order valence-electron chi connectivity index (χ0n) is 9.70. The third kappa shape index (κ3) is 2.68. The van der Waals surface area contributed by atoms with Crippen LogP contribution >= 0.6 is 11.6 Å². The second-order valence-corrected chi connectivity index (χ2v) is 4.36. The second kappa shape index (κ2) is 4.63. The maximum Gasteiger partial charge on any atom is 0.242 e. The van der Waals surface area contributed by atoms with Crippen LogP contribution in [0, 0.1) is 13.8 Å². The number of hydrogen-bond acceptors (Lipinski definition) is 3. The molecule has 1 aromatic carbocycles. The Morgan fingerprint density at radius 2 is 2.00 bits per heavy atom. The smallest absolute Gasteiger partial charge is 0.242 e. The highest BCUT2D eigenvalue weighted by molar-refractivity contribution is 6.30. The standard InChI is InChI=1S/C13H13ClN2O/c1-8-3-4-9(2)12(5-8)17-13-11(15)6-10(14)7-16-13/h3-7H,15H2,1-2H3. The van der Waals surface area contributed by atoms with Gasteiger partial charge >= 0.3 is 0 Å². The number of aromatic nitrogens is 1. The predicted octanol–water partition coefficient (Wildman–Crippen LogP) is 3.73. The topological polar surface area (TPSA) is 48.1 Å². The maximum atomic E-state index is 5.79. The molecule has 2 rings (SSSR count). The summed E-state index contributed by atoms with van der Waals surface area (Å²) in [6.45, 7) is 3.98. The molecule has 88 valence electrons. The number of ether oxygens (including phenoxy) is 1. The summed E-state index contributed by atoms with van der Waals surface area (Å²) in [6, 6.07) is 7.59. The minimum atomic E-state index is 0.378. The van der Waals surface area contributed by atoms with Gasteiger partial charge in [-0.05, 0) is 37.1 Å². The highest BCUT2D eigenvalue weighted by Crippen LogP contribution is 2.29. The zero-order chi connectivity index (χ0) is 12.4. The number of hydrogen-bond donors (Lipinski definition) is 1. The normalized spacial score (nSPS) is 10.3. The molecule has 3 nitrogen and oxygen atoms in total. The highest BCUT2D eigenvalue weighted by atomic mass is 35.5. The van der Waals surface area contributed by atoms with Crippen LogP contribution in [0.15, 0.2) is 30.5 Å². The summed E-state index contributed by atoms with van der Waals surface area (Å²) >= 11 is 5.78. The summed E-state index contributed by atoms with van der Waals surface area (Å²) in [4.78, 5) is 4.06. The van der Waals surface area contributed by atoms with Gasteiger partial charge in [-0.15, -0.1) is 0 Å². The van der Waals surface area contributed by atoms with Crippen molar-refractivity contribution in [2.75, 3.05) is 5.73 Å². The molecular formula is C13H13ClN2O. The molecule has 1 heterocycles. The number of pyridine rings is 1. The Labute approximate surface area is 105 Å². The molecule has 0 aliphatic heterocycles. The Balaban J connectivity index is 2.34. The number of rotatable bonds is 2. The van der Waals surface area contributed by atoms with E-state index in [1.165, 1.54) is 6.20 Å². The molecule has 0 bridgehead atoms. The van der Waals surface area contributed by atoms with E-state index in [4.69, 9.17) is 22.1 Å². The molecule has 0 amide bonds. The first-order valence-corrected chi connectivity index (χ1v) is 5.60. The third-order valence-corrected chi connectivity index (χ3v) is 2.60. The van der Waals surface area contributed by atoms with E-state index >= 15 is 0 Å². The summed E-state index contributed by atoms with van der Waals surface area (Å²) in [6.07, 6.45) is 1.51. The van der Waals surface area contributed by atoms with Crippen LogP contribution < -0.4 is 10.5 Å². The fourth-order valence-corrected chi connectivity index (χ4v) is 1.62. The lowest BCUT2D eigenvalue weighted by Gasteiger charge is -2.10. The Bertz CT molecular complexity index is 555. The number of nitrogens with zero attached hydrogens (tertiary/aromatic N) is 1. The molecule has 0 atom stereocenters. The SMILES string of the molecule is Cc1ccc(C)c(Oc2ncc(Cl)cc2N)c1. The lowest BCUT2D eigenvalue weighted by Crippen LogP contribution is -1.96. The lowest BCUT2D eigenvalue weighted by atomic mass is 10.1. The molecule has 17 heavy (non-hydrogen) atoms. The van der Waals surface area contributed by atoms with Gasteiger partial charge in [-0.2, -0.15) is 0 Å². The van der Waals surface area contributed by atoms with E-state index in [0.717, 1.165) is 16.9 Å². The number of anilines is 1. The van der Waals surface area contributed by atoms with Crippen LogP contribution in [0.25, 0.3) is 0 Å². The van der Waals surface area contributed by atoms with Crippen molar-refractivity contribution < 1.29 is 4.74 Å². The van der Waals surface area contributed by atoms with E-state index in [0.29, 0.717) is 16.6 Å². The maximum absolute atomic E-state index is 5.79. The predicted molar refractivity (Wildman–Crippen MR) is 69.6 cm³/mol. The molecule has 0 radical (unpaired) electrons. The van der Waals surface area contributed by atoms with Crippen molar-refractivity contribution in [3.05, 3.63) is 46.6 Å². The van der Waals surface area contributed by atoms with Crippen LogP contribution in [0.3, 0.4) is 0 Å². The van der Waals surface area contributed by atoms with Gasteiger partial charge in [-0.25, -0.2) is 4.98 Å². The summed E-state index contributed by atoms with van der Waals surface area (Å²) < 4.78 is 5.68. The van der Waals surface area contributed by atoms with Crippen molar-refractivity contribution in [3.63, 3.8) is 0 Å². The second-order valence-electron chi connectivity index (χ2n) is 3.92. The van der Waals surface area contributed by atoms with Gasteiger partial charge < -0.3 is 10.5 Å². The number of halogens is 1. The van der Waals surface area contributed by atoms with Gasteiger partial charge in [0, 0.05) is 6.20 Å². The van der Waals surface area contributed by atoms with Crippen molar-refractivity contribution >= 4 is 17.3 Å². The average molecular weight is 249 g/mol. The summed E-state index contributed by atoms with van der Waals surface area (Å²) in [5, 5.41) is 0.496. The van der Waals surface area contributed by atoms with Gasteiger partial charge in [0.1, 0.15) is 5.75 Å². The molecular weight excluding hydrogens is 236 g/mol. The fourth-order valence-electron chi connectivity index (χ4n) is 1.45. The van der Waals surface area contributed by atoms with Gasteiger partial charge in [0.15, 0.2) is 0 Å². The van der Waals surface area contributed by atoms with Gasteiger partial charge in [0.05, 0.1) is 10.7 Å². The van der Waals surface area contributed by atoms with Gasteiger partial charge in [0.25, 0.3) is 0 Å². The number of benzene rings is 1. The minimum Gasteiger partial charge on any atom is -0.437 e. The van der Waals surface area contributed by atoms with E-state index in [-0.39, 0.29) is 0 Å². The van der Waals surface area contributed by atoms with E-state index in [2.05, 4.69) is 4.98 Å².